The van der Waals surface area contributed by atoms with Crippen molar-refractivity contribution in [3.05, 3.63) is 0 Å². The number of hydrogen-bond acceptors (Lipinski definition) is 13. The summed E-state index contributed by atoms with van der Waals surface area (Å²) in [5.41, 5.74) is 30.8. The molecule has 2 heterocycles. The van der Waals surface area contributed by atoms with Crippen molar-refractivity contribution < 1.29 is 14.4 Å². The van der Waals surface area contributed by atoms with Crippen molar-refractivity contribution in [1.82, 2.24) is 29.9 Å². The highest BCUT2D eigenvalue weighted by atomic mass is 31.1. The van der Waals surface area contributed by atoms with Crippen LogP contribution in [0.5, 0.6) is 0 Å². The number of hydrogen-bond donors (Lipinski definition) is 8. The second kappa shape index (κ2) is 8.90. The smallest absolute Gasteiger partial charge is 0.368 e. The Hall–Kier alpha value is -3.16. The monoisotopic (exact) mass is 333 g/mol. The zero-order chi connectivity index (χ0) is 17.3. The number of aromatic nitrogens is 6. The maximum absolute atomic E-state index is 8.70. The van der Waals surface area contributed by atoms with Crippen LogP contribution in [0.2, 0.25) is 0 Å². The van der Waals surface area contributed by atoms with Gasteiger partial charge in [0.05, 0.1) is 0 Å². The maximum Gasteiger partial charge on any atom is 0.692 e. The van der Waals surface area contributed by atoms with Gasteiger partial charge >= 0.3 is 8.25 Å². The first-order valence-corrected chi connectivity index (χ1v) is 6.16. The van der Waals surface area contributed by atoms with E-state index in [9.17, 15) is 0 Å². The largest absolute Gasteiger partial charge is 0.692 e. The molecule has 22 heavy (non-hydrogen) atoms. The highest BCUT2D eigenvalue weighted by Gasteiger charge is 1.94. The van der Waals surface area contributed by atoms with Crippen LogP contribution in [0.3, 0.4) is 0 Å². The van der Waals surface area contributed by atoms with Crippen molar-refractivity contribution in [3.8, 4) is 0 Å². The molecule has 120 valence electrons. The van der Waals surface area contributed by atoms with Gasteiger partial charge in [-0.05, 0) is 0 Å². The van der Waals surface area contributed by atoms with Crippen LogP contribution in [-0.4, -0.2) is 39.7 Å². The van der Waals surface area contributed by atoms with Gasteiger partial charge in [-0.2, -0.15) is 29.9 Å². The number of rotatable bonds is 0. The van der Waals surface area contributed by atoms with Gasteiger partial charge in [-0.15, -0.1) is 9.79 Å². The molecule has 16 heteroatoms. The Bertz CT molecular complexity index is 484. The van der Waals surface area contributed by atoms with E-state index in [1.54, 1.807) is 0 Å². The first-order chi connectivity index (χ1) is 10.1. The summed E-state index contributed by atoms with van der Waals surface area (Å²) in [7, 11) is -2.87. The quantitative estimate of drug-likeness (QED) is 0.221. The van der Waals surface area contributed by atoms with Crippen LogP contribution in [0.4, 0.5) is 35.7 Å². The average molecular weight is 333 g/mol. The lowest BCUT2D eigenvalue weighted by Gasteiger charge is -1.93. The molecule has 2 rings (SSSR count). The van der Waals surface area contributed by atoms with Gasteiger partial charge in [0, 0.05) is 4.57 Å². The van der Waals surface area contributed by atoms with Crippen molar-refractivity contribution in [2.75, 3.05) is 34.4 Å². The van der Waals surface area contributed by atoms with Gasteiger partial charge < -0.3 is 34.4 Å². The van der Waals surface area contributed by atoms with E-state index in [1.165, 1.54) is 0 Å². The molecule has 2 aromatic heterocycles. The fourth-order valence-corrected chi connectivity index (χ4v) is 0.854. The molecule has 14 N–H and O–H groups in total. The molecule has 0 atom stereocenters. The molecular weight excluding hydrogens is 319 g/mol. The highest BCUT2D eigenvalue weighted by molar-refractivity contribution is 7.30. The van der Waals surface area contributed by atoms with Crippen molar-refractivity contribution >= 4 is 43.9 Å². The third-order valence-electron chi connectivity index (χ3n) is 1.37. The molecule has 0 aliphatic heterocycles. The summed E-state index contributed by atoms with van der Waals surface area (Å²) in [4.78, 5) is 35.2. The van der Waals surface area contributed by atoms with E-state index < -0.39 is 8.25 Å². The topological polar surface area (TPSA) is 291 Å². The molecular formula is C6H14N12O3P+. The molecule has 0 fully saturated rings. The van der Waals surface area contributed by atoms with E-state index in [1.807, 2.05) is 0 Å². The summed E-state index contributed by atoms with van der Waals surface area (Å²) in [5, 5.41) is 0. The fraction of sp³-hybridized carbons (Fsp3) is 0. The van der Waals surface area contributed by atoms with Crippen LogP contribution >= 0.6 is 8.25 Å². The number of anilines is 6. The molecule has 15 nitrogen and oxygen atoms in total. The molecule has 0 spiro atoms. The van der Waals surface area contributed by atoms with Crippen LogP contribution in [0.25, 0.3) is 0 Å². The lowest BCUT2D eigenvalue weighted by molar-refractivity contribution is 0.405. The third-order valence-corrected chi connectivity index (χ3v) is 1.37. The van der Waals surface area contributed by atoms with Gasteiger partial charge in [0.1, 0.15) is 0 Å². The lowest BCUT2D eigenvalue weighted by atomic mass is 10.9. The molecule has 0 aliphatic rings. The first-order valence-electron chi connectivity index (χ1n) is 5.00. The molecule has 0 saturated carbocycles. The second-order valence-corrected chi connectivity index (χ2v) is 3.58. The Morgan fingerprint density at radius 3 is 0.727 bits per heavy atom. The summed E-state index contributed by atoms with van der Waals surface area (Å²) in [6.07, 6.45) is 0. The van der Waals surface area contributed by atoms with E-state index in [-0.39, 0.29) is 35.7 Å². The maximum atomic E-state index is 8.70. The Balaban J connectivity index is 0.000000326. The summed E-state index contributed by atoms with van der Waals surface area (Å²) in [5.74, 6) is 0.250. The standard InChI is InChI=1S/2C3H6N6.HO3P/c2*4-1-7-2(5)9-3(6)8-1;1-4(2)3/h2*(H6,4,5,6,7,8,9);(H-,1,2,3)/p+1. The Labute approximate surface area is 123 Å². The SMILES string of the molecule is Nc1nc(N)nc(N)n1.Nc1nc(N)nc(N)n1.O=[P+](O)O. The molecule has 0 unspecified atom stereocenters. The summed E-state index contributed by atoms with van der Waals surface area (Å²) in [6.45, 7) is 0. The van der Waals surface area contributed by atoms with Gasteiger partial charge in [0.25, 0.3) is 0 Å². The predicted molar refractivity (Wildman–Crippen MR) is 78.2 cm³/mol. The molecule has 0 amide bonds. The number of nitrogen functional groups attached to an aromatic ring is 6. The predicted octanol–water partition coefficient (Wildman–Crippen LogP) is -3.14. The molecule has 2 aromatic rings. The van der Waals surface area contributed by atoms with E-state index in [4.69, 9.17) is 48.8 Å². The minimum absolute atomic E-state index is 0.0417. The van der Waals surface area contributed by atoms with E-state index in [0.717, 1.165) is 0 Å². The van der Waals surface area contributed by atoms with E-state index in [0.29, 0.717) is 0 Å². The summed E-state index contributed by atoms with van der Waals surface area (Å²) >= 11 is 0. The Morgan fingerprint density at radius 1 is 0.545 bits per heavy atom. The van der Waals surface area contributed by atoms with E-state index in [2.05, 4.69) is 29.9 Å². The van der Waals surface area contributed by atoms with Gasteiger partial charge in [-0.25, -0.2) is 0 Å². The van der Waals surface area contributed by atoms with Gasteiger partial charge in [0.2, 0.25) is 35.7 Å². The van der Waals surface area contributed by atoms with Crippen LogP contribution < -0.4 is 34.4 Å². The zero-order valence-corrected chi connectivity index (χ0v) is 11.8. The van der Waals surface area contributed by atoms with Crippen molar-refractivity contribution in [2.45, 2.75) is 0 Å². The zero-order valence-electron chi connectivity index (χ0n) is 10.9. The number of nitrogens with zero attached hydrogens (tertiary/aromatic N) is 6. The Morgan fingerprint density at radius 2 is 0.636 bits per heavy atom. The molecule has 0 aliphatic carbocycles. The molecule has 0 aromatic carbocycles. The summed E-state index contributed by atoms with van der Waals surface area (Å²) in [6, 6.07) is 0. The van der Waals surface area contributed by atoms with E-state index >= 15 is 0 Å². The van der Waals surface area contributed by atoms with Crippen LogP contribution in [0.1, 0.15) is 0 Å². The van der Waals surface area contributed by atoms with Crippen LogP contribution in [0, 0.1) is 0 Å². The van der Waals surface area contributed by atoms with Gasteiger partial charge in [-0.1, -0.05) is 0 Å². The van der Waals surface area contributed by atoms with Crippen molar-refractivity contribution in [2.24, 2.45) is 0 Å². The first kappa shape index (κ1) is 18.8. The highest BCUT2D eigenvalue weighted by Crippen LogP contribution is 1.99. The molecule has 0 saturated heterocycles. The fourth-order valence-electron chi connectivity index (χ4n) is 0.854. The average Bonchev–Trinajstić information content (AvgIpc) is 2.23. The number of nitrogens with two attached hydrogens (primary N) is 6. The van der Waals surface area contributed by atoms with Gasteiger partial charge in [-0.3, -0.25) is 0 Å². The second-order valence-electron chi connectivity index (χ2n) is 3.07. The Kier molecular flexibility index (Phi) is 7.62. The normalized spacial score (nSPS) is 8.82. The van der Waals surface area contributed by atoms with Crippen LogP contribution in [-0.2, 0) is 4.57 Å². The minimum atomic E-state index is -2.87. The minimum Gasteiger partial charge on any atom is -0.368 e. The lowest BCUT2D eigenvalue weighted by Crippen LogP contribution is -2.05. The molecule has 0 radical (unpaired) electrons. The third kappa shape index (κ3) is 9.73. The van der Waals surface area contributed by atoms with Gasteiger partial charge in [0.15, 0.2) is 0 Å². The van der Waals surface area contributed by atoms with Crippen molar-refractivity contribution in [3.63, 3.8) is 0 Å². The van der Waals surface area contributed by atoms with Crippen molar-refractivity contribution in [1.29, 1.82) is 0 Å². The van der Waals surface area contributed by atoms with Crippen LogP contribution in [0.15, 0.2) is 0 Å². The summed E-state index contributed by atoms with van der Waals surface area (Å²) < 4.78 is 8.70. The molecule has 0 bridgehead atoms.